The Hall–Kier alpha value is -3.12. The summed E-state index contributed by atoms with van der Waals surface area (Å²) >= 11 is 0. The summed E-state index contributed by atoms with van der Waals surface area (Å²) in [5.74, 6) is -0.529. The molecule has 0 bridgehead atoms. The summed E-state index contributed by atoms with van der Waals surface area (Å²) in [5.41, 5.74) is 1.47. The van der Waals surface area contributed by atoms with Gasteiger partial charge in [-0.25, -0.2) is 9.59 Å². The van der Waals surface area contributed by atoms with Gasteiger partial charge in [0.05, 0.1) is 19.3 Å². The first-order valence-electron chi connectivity index (χ1n) is 10.2. The number of alkyl carbamates (subject to hydrolysis) is 1. The van der Waals surface area contributed by atoms with Gasteiger partial charge in [0, 0.05) is 12.0 Å². The number of carbonyl (C=O) groups is 2. The van der Waals surface area contributed by atoms with Crippen molar-refractivity contribution in [3.63, 3.8) is 0 Å². The smallest absolute Gasteiger partial charge is 0.407 e. The minimum Gasteiger partial charge on any atom is -0.466 e. The fraction of sp³-hybridized carbons (Fsp3) is 0.360. The third kappa shape index (κ3) is 8.64. The van der Waals surface area contributed by atoms with Crippen LogP contribution >= 0.6 is 0 Å². The van der Waals surface area contributed by atoms with Crippen LogP contribution in [0.5, 0.6) is 0 Å². The molecule has 0 radical (unpaired) electrons. The first kappa shape index (κ1) is 24.2. The lowest BCUT2D eigenvalue weighted by Crippen LogP contribution is -2.46. The van der Waals surface area contributed by atoms with Gasteiger partial charge in [0.25, 0.3) is 0 Å². The molecule has 2 aromatic carbocycles. The van der Waals surface area contributed by atoms with E-state index in [4.69, 9.17) is 9.47 Å². The number of aliphatic hydroxyl groups excluding tert-OH is 1. The Bertz CT molecular complexity index is 872. The third-order valence-corrected chi connectivity index (χ3v) is 4.47. The van der Waals surface area contributed by atoms with Gasteiger partial charge in [0.15, 0.2) is 0 Å². The lowest BCUT2D eigenvalue weighted by atomic mass is 9.97. The van der Waals surface area contributed by atoms with E-state index < -0.39 is 29.8 Å². The second kappa shape index (κ2) is 11.3. The number of benzene rings is 2. The highest BCUT2D eigenvalue weighted by molar-refractivity contribution is 5.89. The molecule has 6 nitrogen and oxygen atoms in total. The zero-order valence-corrected chi connectivity index (χ0v) is 18.5. The Morgan fingerprint density at radius 1 is 1.00 bits per heavy atom. The van der Waals surface area contributed by atoms with Crippen LogP contribution in [0, 0.1) is 0 Å². The van der Waals surface area contributed by atoms with Crippen molar-refractivity contribution >= 4 is 12.1 Å². The monoisotopic (exact) mass is 425 g/mol. The Kier molecular flexibility index (Phi) is 8.82. The molecule has 166 valence electrons. The Morgan fingerprint density at radius 2 is 1.55 bits per heavy atom. The van der Waals surface area contributed by atoms with Crippen LogP contribution in [0.3, 0.4) is 0 Å². The largest absolute Gasteiger partial charge is 0.466 e. The molecule has 0 unspecified atom stereocenters. The number of hydrogen-bond acceptors (Lipinski definition) is 5. The van der Waals surface area contributed by atoms with Gasteiger partial charge in [-0.15, -0.1) is 0 Å². The van der Waals surface area contributed by atoms with Gasteiger partial charge in [-0.2, -0.15) is 0 Å². The summed E-state index contributed by atoms with van der Waals surface area (Å²) in [4.78, 5) is 24.7. The molecular formula is C25H31NO5. The van der Waals surface area contributed by atoms with Gasteiger partial charge in [-0.05, 0) is 44.4 Å². The summed E-state index contributed by atoms with van der Waals surface area (Å²) < 4.78 is 10.3. The number of nitrogens with one attached hydrogen (secondary N) is 1. The van der Waals surface area contributed by atoms with Gasteiger partial charge >= 0.3 is 12.1 Å². The molecule has 0 saturated heterocycles. The minimum absolute atomic E-state index is 0.301. The highest BCUT2D eigenvalue weighted by atomic mass is 16.6. The van der Waals surface area contributed by atoms with Crippen LogP contribution in [0.1, 0.15) is 31.9 Å². The lowest BCUT2D eigenvalue weighted by molar-refractivity contribution is -0.136. The predicted octanol–water partition coefficient (Wildman–Crippen LogP) is 3.83. The molecule has 2 aromatic rings. The first-order chi connectivity index (χ1) is 14.7. The maximum atomic E-state index is 12.4. The van der Waals surface area contributed by atoms with E-state index in [1.54, 1.807) is 20.8 Å². The highest BCUT2D eigenvalue weighted by Gasteiger charge is 2.25. The van der Waals surface area contributed by atoms with E-state index in [1.165, 1.54) is 13.2 Å². The lowest BCUT2D eigenvalue weighted by Gasteiger charge is -2.26. The molecule has 2 atom stereocenters. The van der Waals surface area contributed by atoms with Crippen LogP contribution < -0.4 is 5.32 Å². The molecule has 0 heterocycles. The molecule has 0 fully saturated rings. The minimum atomic E-state index is -1.13. The Labute approximate surface area is 183 Å². The van der Waals surface area contributed by atoms with Crippen molar-refractivity contribution in [2.45, 2.75) is 51.4 Å². The van der Waals surface area contributed by atoms with Gasteiger partial charge in [-0.3, -0.25) is 0 Å². The van der Waals surface area contributed by atoms with Crippen LogP contribution in [0.15, 0.2) is 72.3 Å². The number of methoxy groups -OCH3 is 1. The quantitative estimate of drug-likeness (QED) is 0.496. The first-order valence-corrected chi connectivity index (χ1v) is 10.2. The van der Waals surface area contributed by atoms with E-state index in [2.05, 4.69) is 5.32 Å². The maximum Gasteiger partial charge on any atom is 0.407 e. The van der Waals surface area contributed by atoms with Gasteiger partial charge < -0.3 is 19.9 Å². The fourth-order valence-corrected chi connectivity index (χ4v) is 3.05. The standard InChI is InChI=1S/C25H31NO5/c1-25(2,3)31-24(29)26-21(16-19-13-9-6-10-14-19)22(27)17-20(23(28)30-4)15-18-11-7-5-8-12-18/h5-14,17,21-22,27H,15-16H2,1-4H3,(H,26,29)/b20-17+/t21-,22-/m1/s1. The summed E-state index contributed by atoms with van der Waals surface area (Å²) in [5, 5.41) is 13.7. The number of ether oxygens (including phenoxy) is 2. The molecule has 2 rings (SSSR count). The van der Waals surface area contributed by atoms with Crippen LogP contribution in [0.25, 0.3) is 0 Å². The van der Waals surface area contributed by atoms with Crippen LogP contribution in [-0.4, -0.2) is 42.0 Å². The maximum absolute atomic E-state index is 12.4. The Morgan fingerprint density at radius 3 is 2.06 bits per heavy atom. The van der Waals surface area contributed by atoms with E-state index in [9.17, 15) is 14.7 Å². The summed E-state index contributed by atoms with van der Waals surface area (Å²) in [6.07, 6.45) is 0.338. The number of carbonyl (C=O) groups excluding carboxylic acids is 2. The van der Waals surface area contributed by atoms with Crippen molar-refractivity contribution in [3.8, 4) is 0 Å². The number of esters is 1. The van der Waals surface area contributed by atoms with E-state index in [-0.39, 0.29) is 0 Å². The average molecular weight is 426 g/mol. The van der Waals surface area contributed by atoms with E-state index in [0.29, 0.717) is 18.4 Å². The van der Waals surface area contributed by atoms with Gasteiger partial charge in [0.1, 0.15) is 5.60 Å². The topological polar surface area (TPSA) is 84.9 Å². The van der Waals surface area contributed by atoms with E-state index >= 15 is 0 Å². The van der Waals surface area contributed by atoms with Crippen molar-refractivity contribution < 1.29 is 24.2 Å². The molecule has 0 saturated carbocycles. The zero-order chi connectivity index (χ0) is 22.9. The molecule has 0 aromatic heterocycles. The van der Waals surface area contributed by atoms with Gasteiger partial charge in [-0.1, -0.05) is 60.7 Å². The SMILES string of the molecule is COC(=O)/C(=C/[C@@H](O)[C@@H](Cc1ccccc1)NC(=O)OC(C)(C)C)Cc1ccccc1. The normalized spacial score (nSPS) is 13.8. The number of amides is 1. The van der Waals surface area contributed by atoms with Gasteiger partial charge in [0.2, 0.25) is 0 Å². The molecular weight excluding hydrogens is 394 g/mol. The molecule has 6 heteroatoms. The molecule has 0 aliphatic rings. The predicted molar refractivity (Wildman–Crippen MR) is 120 cm³/mol. The molecule has 31 heavy (non-hydrogen) atoms. The molecule has 0 spiro atoms. The second-order valence-corrected chi connectivity index (χ2v) is 8.28. The summed E-state index contributed by atoms with van der Waals surface area (Å²) in [6.45, 7) is 5.30. The van der Waals surface area contributed by atoms with Crippen LogP contribution in [-0.2, 0) is 27.1 Å². The zero-order valence-electron chi connectivity index (χ0n) is 18.5. The van der Waals surface area contributed by atoms with Crippen LogP contribution in [0.2, 0.25) is 0 Å². The van der Waals surface area contributed by atoms with Crippen molar-refractivity contribution in [2.24, 2.45) is 0 Å². The number of hydrogen-bond donors (Lipinski definition) is 2. The summed E-state index contributed by atoms with van der Waals surface area (Å²) in [7, 11) is 1.30. The second-order valence-electron chi connectivity index (χ2n) is 8.28. The average Bonchev–Trinajstić information content (AvgIpc) is 2.72. The Balaban J connectivity index is 2.27. The van der Waals surface area contributed by atoms with E-state index in [1.807, 2.05) is 60.7 Å². The molecule has 0 aliphatic carbocycles. The van der Waals surface area contributed by atoms with Crippen molar-refractivity contribution in [1.29, 1.82) is 0 Å². The molecule has 2 N–H and O–H groups in total. The fourth-order valence-electron chi connectivity index (χ4n) is 3.05. The third-order valence-electron chi connectivity index (χ3n) is 4.47. The van der Waals surface area contributed by atoms with E-state index in [0.717, 1.165) is 11.1 Å². The van der Waals surface area contributed by atoms with Crippen molar-refractivity contribution in [2.75, 3.05) is 7.11 Å². The highest BCUT2D eigenvalue weighted by Crippen LogP contribution is 2.15. The molecule has 0 aliphatic heterocycles. The number of aliphatic hydroxyl groups is 1. The molecule has 1 amide bonds. The number of rotatable bonds is 8. The summed E-state index contributed by atoms with van der Waals surface area (Å²) in [6, 6.07) is 18.2. The van der Waals surface area contributed by atoms with Crippen molar-refractivity contribution in [1.82, 2.24) is 5.32 Å². The van der Waals surface area contributed by atoms with Crippen molar-refractivity contribution in [3.05, 3.63) is 83.4 Å². The van der Waals surface area contributed by atoms with Crippen LogP contribution in [0.4, 0.5) is 4.79 Å².